The fraction of sp³-hybridized carbons (Fsp3) is 0.125. The maximum atomic E-state index is 13.5. The summed E-state index contributed by atoms with van der Waals surface area (Å²) in [7, 11) is 0. The number of aliphatic imine (C=N–C) groups is 1. The Bertz CT molecular complexity index is 1050. The molecule has 0 fully saturated rings. The predicted molar refractivity (Wildman–Crippen MR) is 108 cm³/mol. The predicted octanol–water partition coefficient (Wildman–Crippen LogP) is 3.66. The first-order valence-electron chi connectivity index (χ1n) is 9.09. The van der Waals surface area contributed by atoms with Crippen LogP contribution < -0.4 is 0 Å². The first kappa shape index (κ1) is 18.0. The van der Waals surface area contributed by atoms with Crippen molar-refractivity contribution in [1.82, 2.24) is 0 Å². The summed E-state index contributed by atoms with van der Waals surface area (Å²) in [5.41, 5.74) is 2.35. The van der Waals surface area contributed by atoms with Gasteiger partial charge in [-0.15, -0.1) is 0 Å². The van der Waals surface area contributed by atoms with Gasteiger partial charge in [0, 0.05) is 22.8 Å². The molecule has 0 bridgehead atoms. The molecule has 0 saturated carbocycles. The van der Waals surface area contributed by atoms with Crippen molar-refractivity contribution < 1.29 is 15.1 Å². The third-order valence-electron chi connectivity index (χ3n) is 5.63. The van der Waals surface area contributed by atoms with Crippen LogP contribution in [-0.2, 0) is 0 Å². The first-order chi connectivity index (χ1) is 13.2. The zero-order valence-electron chi connectivity index (χ0n) is 15.1. The Balaban J connectivity index is 0.00000192. The third-order valence-corrected chi connectivity index (χ3v) is 5.63. The van der Waals surface area contributed by atoms with E-state index < -0.39 is 5.54 Å². The number of Topliss-reactive ketones (excluding diaryl/α,β-unsaturated/α-hetero) is 2. The van der Waals surface area contributed by atoms with E-state index in [1.165, 1.54) is 0 Å². The minimum Gasteiger partial charge on any atom is -0.412 e. The van der Waals surface area contributed by atoms with E-state index in [0.717, 1.165) is 16.8 Å². The van der Waals surface area contributed by atoms with Gasteiger partial charge in [-0.3, -0.25) is 14.6 Å². The molecular weight excluding hydrogens is 350 g/mol. The summed E-state index contributed by atoms with van der Waals surface area (Å²) in [6.45, 7) is 0. The van der Waals surface area contributed by atoms with Crippen LogP contribution in [0.15, 0.2) is 89.9 Å². The molecule has 4 nitrogen and oxygen atoms in total. The van der Waals surface area contributed by atoms with Gasteiger partial charge >= 0.3 is 0 Å². The molecule has 28 heavy (non-hydrogen) atoms. The minimum absolute atomic E-state index is 0. The van der Waals surface area contributed by atoms with Gasteiger partial charge in [-0.1, -0.05) is 84.9 Å². The standard InChI is InChI=1S/C24H17NO2.H2O/c26-22-18-13-7-8-14-19(18)23(27)24(22)20(16-9-3-1-4-10-16)15-21(25-24)17-11-5-2-6-12-17;/h1-14,20H,15H2;1H2/t20-;/m1./s1. The van der Waals surface area contributed by atoms with Crippen LogP contribution in [-0.4, -0.2) is 28.3 Å². The lowest BCUT2D eigenvalue weighted by Gasteiger charge is -2.26. The monoisotopic (exact) mass is 369 g/mol. The highest BCUT2D eigenvalue weighted by Gasteiger charge is 2.60. The Morgan fingerprint density at radius 1 is 0.714 bits per heavy atom. The van der Waals surface area contributed by atoms with Crippen LogP contribution in [0.3, 0.4) is 0 Å². The van der Waals surface area contributed by atoms with Gasteiger partial charge in [0.15, 0.2) is 17.1 Å². The van der Waals surface area contributed by atoms with Gasteiger partial charge in [-0.25, -0.2) is 0 Å². The summed E-state index contributed by atoms with van der Waals surface area (Å²) in [5, 5.41) is 0. The highest BCUT2D eigenvalue weighted by Crippen LogP contribution is 2.49. The second kappa shape index (κ2) is 6.66. The van der Waals surface area contributed by atoms with Crippen LogP contribution in [0.1, 0.15) is 44.2 Å². The zero-order valence-corrected chi connectivity index (χ0v) is 15.1. The SMILES string of the molecule is O.O=C1c2ccccc2C(=O)C12N=C(c1ccccc1)C[C@@H]2c1ccccc1. The van der Waals surface area contributed by atoms with E-state index >= 15 is 0 Å². The van der Waals surface area contributed by atoms with Crippen LogP contribution >= 0.6 is 0 Å². The van der Waals surface area contributed by atoms with E-state index in [9.17, 15) is 9.59 Å². The molecule has 0 radical (unpaired) electrons. The van der Waals surface area contributed by atoms with Gasteiger partial charge in [0.2, 0.25) is 0 Å². The zero-order chi connectivity index (χ0) is 18.4. The fourth-order valence-electron chi connectivity index (χ4n) is 4.35. The molecule has 1 heterocycles. The second-order valence-electron chi connectivity index (χ2n) is 7.06. The van der Waals surface area contributed by atoms with Gasteiger partial charge in [0.05, 0.1) is 0 Å². The quantitative estimate of drug-likeness (QED) is 0.646. The molecule has 2 N–H and O–H groups in total. The number of nitrogens with zero attached hydrogens (tertiary/aromatic N) is 1. The van der Waals surface area contributed by atoms with E-state index in [4.69, 9.17) is 4.99 Å². The summed E-state index contributed by atoms with van der Waals surface area (Å²) in [6.07, 6.45) is 0.569. The van der Waals surface area contributed by atoms with Crippen LogP contribution in [0.4, 0.5) is 0 Å². The largest absolute Gasteiger partial charge is 0.412 e. The number of carbonyl (C=O) groups is 2. The Morgan fingerprint density at radius 3 is 1.79 bits per heavy atom. The molecule has 0 unspecified atom stereocenters. The molecule has 1 spiro atoms. The lowest BCUT2D eigenvalue weighted by atomic mass is 9.76. The van der Waals surface area contributed by atoms with Crippen molar-refractivity contribution in [2.45, 2.75) is 17.9 Å². The Labute approximate surface area is 162 Å². The smallest absolute Gasteiger partial charge is 0.199 e. The number of benzene rings is 3. The molecule has 4 heteroatoms. The lowest BCUT2D eigenvalue weighted by molar-refractivity contribution is 0.0786. The number of ketones is 2. The molecular formula is C24H19NO3. The maximum absolute atomic E-state index is 13.5. The van der Waals surface area contributed by atoms with E-state index in [2.05, 4.69) is 0 Å². The third kappa shape index (κ3) is 2.38. The molecule has 1 aliphatic carbocycles. The number of carbonyl (C=O) groups excluding carboxylic acids is 2. The maximum Gasteiger partial charge on any atom is 0.199 e. The molecule has 0 saturated heterocycles. The number of hydrogen-bond acceptors (Lipinski definition) is 3. The topological polar surface area (TPSA) is 78.0 Å². The van der Waals surface area contributed by atoms with Crippen molar-refractivity contribution in [2.75, 3.05) is 0 Å². The van der Waals surface area contributed by atoms with Crippen LogP contribution in [0.2, 0.25) is 0 Å². The van der Waals surface area contributed by atoms with Crippen molar-refractivity contribution >= 4 is 17.3 Å². The highest BCUT2D eigenvalue weighted by molar-refractivity contribution is 6.35. The van der Waals surface area contributed by atoms with Gasteiger partial charge in [0.25, 0.3) is 0 Å². The lowest BCUT2D eigenvalue weighted by Crippen LogP contribution is -2.42. The van der Waals surface area contributed by atoms with Crippen LogP contribution in [0.25, 0.3) is 0 Å². The summed E-state index contributed by atoms with van der Waals surface area (Å²) < 4.78 is 0. The number of fused-ring (bicyclic) bond motifs is 1. The van der Waals surface area contributed by atoms with Crippen molar-refractivity contribution in [1.29, 1.82) is 0 Å². The highest BCUT2D eigenvalue weighted by atomic mass is 16.2. The molecule has 2 aliphatic rings. The first-order valence-corrected chi connectivity index (χ1v) is 9.09. The van der Waals surface area contributed by atoms with E-state index in [0.29, 0.717) is 17.5 Å². The molecule has 3 aromatic rings. The average molecular weight is 369 g/mol. The van der Waals surface area contributed by atoms with Crippen molar-refractivity contribution in [2.24, 2.45) is 4.99 Å². The van der Waals surface area contributed by atoms with Gasteiger partial charge in [0.1, 0.15) is 0 Å². The van der Waals surface area contributed by atoms with Crippen LogP contribution in [0, 0.1) is 0 Å². The second-order valence-corrected chi connectivity index (χ2v) is 7.06. The molecule has 1 atom stereocenters. The molecule has 0 aromatic heterocycles. The van der Waals surface area contributed by atoms with Gasteiger partial charge in [-0.2, -0.15) is 0 Å². The summed E-state index contributed by atoms with van der Waals surface area (Å²) >= 11 is 0. The molecule has 138 valence electrons. The average Bonchev–Trinajstić information content (AvgIpc) is 3.24. The molecule has 0 amide bonds. The Hall–Kier alpha value is -3.37. The summed E-state index contributed by atoms with van der Waals surface area (Å²) in [4.78, 5) is 31.8. The normalized spacial score (nSPS) is 19.3. The van der Waals surface area contributed by atoms with E-state index in [1.807, 2.05) is 60.7 Å². The fourth-order valence-corrected chi connectivity index (χ4v) is 4.35. The van der Waals surface area contributed by atoms with Gasteiger partial charge < -0.3 is 5.48 Å². The summed E-state index contributed by atoms with van der Waals surface area (Å²) in [5.74, 6) is -0.646. The van der Waals surface area contributed by atoms with Crippen molar-refractivity contribution in [3.05, 3.63) is 107 Å². The van der Waals surface area contributed by atoms with E-state index in [-0.39, 0.29) is 23.0 Å². The molecule has 5 rings (SSSR count). The molecule has 3 aromatic carbocycles. The number of hydrogen-bond donors (Lipinski definition) is 0. The summed E-state index contributed by atoms with van der Waals surface area (Å²) in [6, 6.07) is 26.7. The number of rotatable bonds is 2. The Morgan fingerprint density at radius 2 is 1.21 bits per heavy atom. The van der Waals surface area contributed by atoms with Gasteiger partial charge in [-0.05, 0) is 17.5 Å². The minimum atomic E-state index is -1.38. The van der Waals surface area contributed by atoms with Crippen molar-refractivity contribution in [3.63, 3.8) is 0 Å². The van der Waals surface area contributed by atoms with E-state index in [1.54, 1.807) is 24.3 Å². The molecule has 1 aliphatic heterocycles. The Kier molecular flexibility index (Phi) is 4.28. The van der Waals surface area contributed by atoms with Crippen molar-refractivity contribution in [3.8, 4) is 0 Å². The van der Waals surface area contributed by atoms with Crippen LogP contribution in [0.5, 0.6) is 0 Å².